The largest absolute Gasteiger partial charge is 0.371 e. The maximum atomic E-state index is 12.8. The number of hydrogen-bond acceptors (Lipinski definition) is 6. The molecule has 2 fully saturated rings. The summed E-state index contributed by atoms with van der Waals surface area (Å²) in [5.74, 6) is -2.08. The molecule has 0 radical (unpaired) electrons. The molecule has 1 unspecified atom stereocenters. The molecule has 3 aliphatic heterocycles. The molecule has 1 N–H and O–H groups in total. The van der Waals surface area contributed by atoms with Crippen molar-refractivity contribution in [3.63, 3.8) is 0 Å². The minimum Gasteiger partial charge on any atom is -0.371 e. The Labute approximate surface area is 149 Å². The third kappa shape index (κ3) is 2.49. The van der Waals surface area contributed by atoms with Crippen molar-refractivity contribution in [3.05, 3.63) is 29.3 Å². The van der Waals surface area contributed by atoms with Crippen molar-refractivity contribution < 1.29 is 24.0 Å². The lowest BCUT2D eigenvalue weighted by Gasteiger charge is -2.27. The van der Waals surface area contributed by atoms with Crippen LogP contribution in [0, 0.1) is 5.92 Å². The van der Waals surface area contributed by atoms with Crippen molar-refractivity contribution in [2.24, 2.45) is 5.92 Å². The molecule has 134 valence electrons. The fraction of sp³-hybridized carbons (Fsp3) is 0.389. The van der Waals surface area contributed by atoms with Crippen molar-refractivity contribution in [2.75, 3.05) is 18.0 Å². The van der Waals surface area contributed by atoms with Gasteiger partial charge in [0.2, 0.25) is 11.8 Å². The molecule has 4 amide bonds. The van der Waals surface area contributed by atoms with Crippen LogP contribution in [0.1, 0.15) is 40.0 Å². The fourth-order valence-electron chi connectivity index (χ4n) is 3.79. The average Bonchev–Trinajstić information content (AvgIpc) is 3.20. The topological polar surface area (TPSA) is 104 Å². The quantitative estimate of drug-likeness (QED) is 0.610. The van der Waals surface area contributed by atoms with E-state index in [-0.39, 0.29) is 29.9 Å². The van der Waals surface area contributed by atoms with Crippen molar-refractivity contribution >= 4 is 35.6 Å². The van der Waals surface area contributed by atoms with Gasteiger partial charge in [-0.05, 0) is 31.0 Å². The highest BCUT2D eigenvalue weighted by molar-refractivity contribution is 6.23. The second kappa shape index (κ2) is 6.05. The summed E-state index contributed by atoms with van der Waals surface area (Å²) in [7, 11) is 0. The Morgan fingerprint density at radius 2 is 1.81 bits per heavy atom. The van der Waals surface area contributed by atoms with E-state index in [0.717, 1.165) is 23.3 Å². The zero-order valence-corrected chi connectivity index (χ0v) is 13.9. The number of fused-ring (bicyclic) bond motifs is 1. The second-order valence-electron chi connectivity index (χ2n) is 6.81. The number of benzene rings is 1. The van der Waals surface area contributed by atoms with Gasteiger partial charge < -0.3 is 9.69 Å². The number of piperidine rings is 1. The molecule has 2 saturated heterocycles. The third-order valence-electron chi connectivity index (χ3n) is 5.21. The Morgan fingerprint density at radius 3 is 2.50 bits per heavy atom. The zero-order chi connectivity index (χ0) is 18.4. The van der Waals surface area contributed by atoms with E-state index < -0.39 is 29.7 Å². The van der Waals surface area contributed by atoms with Crippen LogP contribution in [0.5, 0.6) is 0 Å². The molecule has 0 aliphatic carbocycles. The fourth-order valence-corrected chi connectivity index (χ4v) is 3.79. The van der Waals surface area contributed by atoms with Gasteiger partial charge in [0.1, 0.15) is 12.3 Å². The van der Waals surface area contributed by atoms with Gasteiger partial charge in [-0.3, -0.25) is 29.4 Å². The summed E-state index contributed by atoms with van der Waals surface area (Å²) in [6.07, 6.45) is 1.93. The molecule has 0 spiro atoms. The molecule has 2 atom stereocenters. The summed E-state index contributed by atoms with van der Waals surface area (Å²) in [4.78, 5) is 62.7. The molecular formula is C18H17N3O5. The Hall–Kier alpha value is -3.03. The maximum Gasteiger partial charge on any atom is 0.262 e. The number of amides is 4. The molecule has 4 rings (SSSR count). The molecule has 0 bridgehead atoms. The molecule has 0 aromatic heterocycles. The van der Waals surface area contributed by atoms with Crippen LogP contribution in [0.3, 0.4) is 0 Å². The number of nitrogens with one attached hydrogen (secondary N) is 1. The molecule has 26 heavy (non-hydrogen) atoms. The van der Waals surface area contributed by atoms with E-state index in [0.29, 0.717) is 13.1 Å². The lowest BCUT2D eigenvalue weighted by atomic mass is 10.0. The molecular weight excluding hydrogens is 338 g/mol. The van der Waals surface area contributed by atoms with Crippen LogP contribution in [-0.4, -0.2) is 53.9 Å². The molecule has 3 aliphatic rings. The molecule has 0 saturated carbocycles. The van der Waals surface area contributed by atoms with Crippen molar-refractivity contribution in [2.45, 2.75) is 25.3 Å². The lowest BCUT2D eigenvalue weighted by molar-refractivity contribution is -0.136. The summed E-state index contributed by atoms with van der Waals surface area (Å²) < 4.78 is 0. The van der Waals surface area contributed by atoms with E-state index in [1.807, 2.05) is 4.90 Å². The number of nitrogens with zero attached hydrogens (tertiary/aromatic N) is 2. The minimum atomic E-state index is -0.963. The monoisotopic (exact) mass is 355 g/mol. The van der Waals surface area contributed by atoms with Crippen LogP contribution in [0.2, 0.25) is 0 Å². The first-order chi connectivity index (χ1) is 12.5. The number of anilines is 1. The smallest absolute Gasteiger partial charge is 0.262 e. The number of imide groups is 2. The SMILES string of the molecule is O=C[C@H]1CCN(c2ccc3c(c2)C(=O)N(C2CCC(=O)NC2=O)C3=O)C1. The van der Waals surface area contributed by atoms with Gasteiger partial charge in [0, 0.05) is 31.1 Å². The first-order valence-corrected chi connectivity index (χ1v) is 8.55. The number of rotatable bonds is 3. The number of carbonyl (C=O) groups is 5. The number of carbonyl (C=O) groups excluding carboxylic acids is 5. The van der Waals surface area contributed by atoms with Crippen molar-refractivity contribution in [1.82, 2.24) is 10.2 Å². The highest BCUT2D eigenvalue weighted by Gasteiger charge is 2.44. The third-order valence-corrected chi connectivity index (χ3v) is 5.21. The Balaban J connectivity index is 1.61. The van der Waals surface area contributed by atoms with Gasteiger partial charge in [-0.2, -0.15) is 0 Å². The van der Waals surface area contributed by atoms with Gasteiger partial charge >= 0.3 is 0 Å². The van der Waals surface area contributed by atoms with Gasteiger partial charge in [-0.15, -0.1) is 0 Å². The summed E-state index contributed by atoms with van der Waals surface area (Å²) in [6.45, 7) is 1.29. The lowest BCUT2D eigenvalue weighted by Crippen LogP contribution is -2.54. The predicted octanol–water partition coefficient (Wildman–Crippen LogP) is 0.113. The second-order valence-corrected chi connectivity index (χ2v) is 6.81. The van der Waals surface area contributed by atoms with Gasteiger partial charge in [-0.25, -0.2) is 0 Å². The zero-order valence-electron chi connectivity index (χ0n) is 13.9. The van der Waals surface area contributed by atoms with Crippen LogP contribution < -0.4 is 10.2 Å². The molecule has 1 aromatic rings. The summed E-state index contributed by atoms with van der Waals surface area (Å²) in [5.41, 5.74) is 1.29. The summed E-state index contributed by atoms with van der Waals surface area (Å²) in [6, 6.07) is 4.03. The Kier molecular flexibility index (Phi) is 3.82. The van der Waals surface area contributed by atoms with E-state index in [1.165, 1.54) is 0 Å². The maximum absolute atomic E-state index is 12.8. The number of aldehydes is 1. The molecule has 1 aromatic carbocycles. The van der Waals surface area contributed by atoms with Crippen LogP contribution in [0.25, 0.3) is 0 Å². The van der Waals surface area contributed by atoms with Crippen molar-refractivity contribution in [3.8, 4) is 0 Å². The molecule has 8 nitrogen and oxygen atoms in total. The average molecular weight is 355 g/mol. The van der Waals surface area contributed by atoms with E-state index in [1.54, 1.807) is 18.2 Å². The van der Waals surface area contributed by atoms with Gasteiger partial charge in [0.15, 0.2) is 0 Å². The first kappa shape index (κ1) is 16.4. The normalized spacial score (nSPS) is 25.5. The van der Waals surface area contributed by atoms with Crippen LogP contribution in [0.4, 0.5) is 5.69 Å². The number of hydrogen-bond donors (Lipinski definition) is 1. The van der Waals surface area contributed by atoms with Crippen molar-refractivity contribution in [1.29, 1.82) is 0 Å². The van der Waals surface area contributed by atoms with Gasteiger partial charge in [0.05, 0.1) is 11.1 Å². The Morgan fingerprint density at radius 1 is 1.04 bits per heavy atom. The van der Waals surface area contributed by atoms with Gasteiger partial charge in [-0.1, -0.05) is 0 Å². The van der Waals surface area contributed by atoms with Crippen LogP contribution in [-0.2, 0) is 14.4 Å². The van der Waals surface area contributed by atoms with Crippen LogP contribution in [0.15, 0.2) is 18.2 Å². The van der Waals surface area contributed by atoms with E-state index >= 15 is 0 Å². The van der Waals surface area contributed by atoms with E-state index in [4.69, 9.17) is 0 Å². The minimum absolute atomic E-state index is 0.0273. The van der Waals surface area contributed by atoms with E-state index in [2.05, 4.69) is 5.32 Å². The standard InChI is InChI=1S/C18H17N3O5/c22-9-10-5-6-20(8-10)11-1-2-12-13(7-11)18(26)21(17(12)25)14-3-4-15(23)19-16(14)24/h1-2,7,9-10,14H,3-6,8H2,(H,19,23,24)/t10-,14?/m0/s1. The van der Waals surface area contributed by atoms with Gasteiger partial charge in [0.25, 0.3) is 11.8 Å². The highest BCUT2D eigenvalue weighted by Crippen LogP contribution is 2.32. The summed E-state index contributed by atoms with van der Waals surface area (Å²) >= 11 is 0. The Bertz CT molecular complexity index is 849. The summed E-state index contributed by atoms with van der Waals surface area (Å²) in [5, 5.41) is 2.18. The van der Waals surface area contributed by atoms with Crippen LogP contribution >= 0.6 is 0 Å². The molecule has 3 heterocycles. The van der Waals surface area contributed by atoms with E-state index in [9.17, 15) is 24.0 Å². The first-order valence-electron chi connectivity index (χ1n) is 8.55. The predicted molar refractivity (Wildman–Crippen MR) is 89.5 cm³/mol. The molecule has 8 heteroatoms. The highest BCUT2D eigenvalue weighted by atomic mass is 16.2.